The van der Waals surface area contributed by atoms with E-state index in [1.165, 1.54) is 11.6 Å². The summed E-state index contributed by atoms with van der Waals surface area (Å²) < 4.78 is 13.6. The first-order valence-corrected chi connectivity index (χ1v) is 14.2. The highest BCUT2D eigenvalue weighted by atomic mass is 79.9. The number of rotatable bonds is 8. The summed E-state index contributed by atoms with van der Waals surface area (Å²) in [5.74, 6) is -0.477. The topological polar surface area (TPSA) is 84.9 Å². The number of halogens is 2. The fraction of sp³-hybridized carbons (Fsp3) is 0.0938. The quantitative estimate of drug-likeness (QED) is 0.156. The number of hydrogen-bond acceptors (Lipinski definition) is 5. The number of imide groups is 2. The zero-order valence-corrected chi connectivity index (χ0v) is 25.1. The number of nitrogens with one attached hydrogen (secondary N) is 1. The molecule has 5 rings (SSSR count). The molecule has 0 aromatic heterocycles. The number of carbonyl (C=O) groups is 3. The minimum absolute atomic E-state index is 0.198. The summed E-state index contributed by atoms with van der Waals surface area (Å²) in [6, 6.07) is 26.7. The number of ether oxygens (including phenoxy) is 2. The number of hydrogen-bond donors (Lipinski definition) is 1. The number of aryl methyl sites for hydroxylation is 1. The lowest BCUT2D eigenvalue weighted by Gasteiger charge is -2.26. The average Bonchev–Trinajstić information content (AvgIpc) is 2.96. The van der Waals surface area contributed by atoms with Gasteiger partial charge in [0.25, 0.3) is 11.8 Å². The van der Waals surface area contributed by atoms with E-state index in [4.69, 9.17) is 9.47 Å². The van der Waals surface area contributed by atoms with Gasteiger partial charge in [0.2, 0.25) is 0 Å². The van der Waals surface area contributed by atoms with Crippen LogP contribution in [0, 0.1) is 6.92 Å². The van der Waals surface area contributed by atoms with Gasteiger partial charge >= 0.3 is 6.03 Å². The van der Waals surface area contributed by atoms with Crippen molar-refractivity contribution >= 4 is 61.5 Å². The minimum Gasteiger partial charge on any atom is -0.489 e. The number of amides is 4. The molecule has 4 aromatic rings. The second-order valence-electron chi connectivity index (χ2n) is 9.32. The van der Waals surface area contributed by atoms with Gasteiger partial charge in [-0.2, -0.15) is 0 Å². The summed E-state index contributed by atoms with van der Waals surface area (Å²) in [6.07, 6.45) is 1.43. The maximum Gasteiger partial charge on any atom is 0.335 e. The highest BCUT2D eigenvalue weighted by Gasteiger charge is 2.37. The normalized spacial score (nSPS) is 14.3. The zero-order valence-electron chi connectivity index (χ0n) is 21.9. The third-order valence-corrected chi connectivity index (χ3v) is 7.32. The first kappa shape index (κ1) is 28.3. The monoisotopic (exact) mass is 674 g/mol. The van der Waals surface area contributed by atoms with E-state index in [0.717, 1.165) is 25.0 Å². The largest absolute Gasteiger partial charge is 0.489 e. The van der Waals surface area contributed by atoms with Crippen LogP contribution >= 0.6 is 31.9 Å². The molecule has 4 aromatic carbocycles. The predicted molar refractivity (Wildman–Crippen MR) is 164 cm³/mol. The van der Waals surface area contributed by atoms with Gasteiger partial charge in [-0.1, -0.05) is 73.8 Å². The number of anilines is 1. The molecule has 1 N–H and O–H groups in total. The van der Waals surface area contributed by atoms with Gasteiger partial charge in [-0.3, -0.25) is 14.9 Å². The van der Waals surface area contributed by atoms with Crippen LogP contribution in [0.15, 0.2) is 106 Å². The Morgan fingerprint density at radius 2 is 1.37 bits per heavy atom. The Balaban J connectivity index is 1.35. The Morgan fingerprint density at radius 1 is 0.756 bits per heavy atom. The van der Waals surface area contributed by atoms with E-state index < -0.39 is 17.8 Å². The number of urea groups is 1. The van der Waals surface area contributed by atoms with Gasteiger partial charge in [0.1, 0.15) is 30.3 Å². The molecule has 7 nitrogen and oxygen atoms in total. The molecule has 9 heteroatoms. The maximum atomic E-state index is 13.5. The van der Waals surface area contributed by atoms with E-state index in [9.17, 15) is 14.4 Å². The molecule has 0 spiro atoms. The van der Waals surface area contributed by atoms with Crippen molar-refractivity contribution in [3.05, 3.63) is 128 Å². The molecule has 1 aliphatic rings. The molecule has 0 radical (unpaired) electrons. The molecule has 1 fully saturated rings. The van der Waals surface area contributed by atoms with E-state index in [1.54, 1.807) is 42.5 Å². The lowest BCUT2D eigenvalue weighted by atomic mass is 10.1. The fourth-order valence-corrected chi connectivity index (χ4v) is 4.74. The first-order valence-electron chi connectivity index (χ1n) is 12.6. The smallest absolute Gasteiger partial charge is 0.335 e. The van der Waals surface area contributed by atoms with Crippen LogP contribution in [0.3, 0.4) is 0 Å². The van der Waals surface area contributed by atoms with Crippen molar-refractivity contribution in [1.82, 2.24) is 5.32 Å². The number of barbiturate groups is 1. The van der Waals surface area contributed by atoms with Gasteiger partial charge in [0, 0.05) is 14.5 Å². The molecule has 41 heavy (non-hydrogen) atoms. The Bertz CT molecular complexity index is 1630. The minimum atomic E-state index is -0.827. The molecule has 0 aliphatic carbocycles. The predicted octanol–water partition coefficient (Wildman–Crippen LogP) is 7.34. The summed E-state index contributed by atoms with van der Waals surface area (Å²) >= 11 is 6.86. The van der Waals surface area contributed by atoms with Crippen LogP contribution < -0.4 is 19.7 Å². The number of benzene rings is 4. The summed E-state index contributed by atoms with van der Waals surface area (Å²) in [4.78, 5) is 39.9. The highest BCUT2D eigenvalue weighted by Crippen LogP contribution is 2.29. The third kappa shape index (κ3) is 6.93. The first-order chi connectivity index (χ1) is 19.8. The second kappa shape index (κ2) is 12.5. The lowest BCUT2D eigenvalue weighted by Crippen LogP contribution is -2.54. The van der Waals surface area contributed by atoms with Crippen LogP contribution in [-0.4, -0.2) is 17.8 Å². The van der Waals surface area contributed by atoms with Gasteiger partial charge in [-0.25, -0.2) is 9.69 Å². The molecule has 0 atom stereocenters. The van der Waals surface area contributed by atoms with Crippen molar-refractivity contribution in [1.29, 1.82) is 0 Å². The van der Waals surface area contributed by atoms with Crippen LogP contribution in [-0.2, 0) is 22.8 Å². The fourth-order valence-electron chi connectivity index (χ4n) is 4.10. The Hall–Kier alpha value is -4.21. The van der Waals surface area contributed by atoms with Crippen LogP contribution in [0.5, 0.6) is 11.5 Å². The van der Waals surface area contributed by atoms with Crippen LogP contribution in [0.2, 0.25) is 0 Å². The summed E-state index contributed by atoms with van der Waals surface area (Å²) in [6.45, 7) is 2.68. The standard InChI is InChI=1S/C32H24Br2N2O5/c1-20-2-4-21(5-3-20)18-40-27-13-11-26(12-14-27)36-31(38)28(30(37)35-32(36)39)17-23-16-25(34)10-15-29(23)41-19-22-6-8-24(33)9-7-22/h2-17H,18-19H2,1H3,(H,35,37,39)/b28-17+. The van der Waals surface area contributed by atoms with Crippen molar-refractivity contribution in [3.63, 3.8) is 0 Å². The molecule has 4 amide bonds. The number of nitrogens with zero attached hydrogens (tertiary/aromatic N) is 1. The lowest BCUT2D eigenvalue weighted by molar-refractivity contribution is -0.122. The van der Waals surface area contributed by atoms with E-state index in [1.807, 2.05) is 55.5 Å². The summed E-state index contributed by atoms with van der Waals surface area (Å²) in [7, 11) is 0. The zero-order chi connectivity index (χ0) is 28.9. The van der Waals surface area contributed by atoms with Gasteiger partial charge in [-0.15, -0.1) is 0 Å². The molecule has 1 aliphatic heterocycles. The van der Waals surface area contributed by atoms with Gasteiger partial charge < -0.3 is 9.47 Å². The summed E-state index contributed by atoms with van der Waals surface area (Å²) in [5, 5.41) is 2.26. The van der Waals surface area contributed by atoms with Crippen LogP contribution in [0.25, 0.3) is 6.08 Å². The van der Waals surface area contributed by atoms with Crippen molar-refractivity contribution in [3.8, 4) is 11.5 Å². The molecule has 0 unspecified atom stereocenters. The molecule has 1 heterocycles. The van der Waals surface area contributed by atoms with Gasteiger partial charge in [0.15, 0.2) is 0 Å². The molecule has 206 valence electrons. The van der Waals surface area contributed by atoms with E-state index in [-0.39, 0.29) is 12.2 Å². The second-order valence-corrected chi connectivity index (χ2v) is 11.2. The van der Waals surface area contributed by atoms with Gasteiger partial charge in [0.05, 0.1) is 5.69 Å². The molecule has 0 saturated carbocycles. The van der Waals surface area contributed by atoms with E-state index in [0.29, 0.717) is 29.4 Å². The summed E-state index contributed by atoms with van der Waals surface area (Å²) in [5.41, 5.74) is 3.74. The Labute approximate surface area is 254 Å². The number of carbonyl (C=O) groups excluding carboxylic acids is 3. The molecular formula is C32H24Br2N2O5. The van der Waals surface area contributed by atoms with E-state index in [2.05, 4.69) is 37.2 Å². The van der Waals surface area contributed by atoms with Crippen molar-refractivity contribution < 1.29 is 23.9 Å². The van der Waals surface area contributed by atoms with Gasteiger partial charge in [-0.05, 0) is 78.7 Å². The van der Waals surface area contributed by atoms with Crippen molar-refractivity contribution in [2.24, 2.45) is 0 Å². The van der Waals surface area contributed by atoms with Crippen LogP contribution in [0.4, 0.5) is 10.5 Å². The highest BCUT2D eigenvalue weighted by molar-refractivity contribution is 9.10. The third-order valence-electron chi connectivity index (χ3n) is 6.30. The molecule has 0 bridgehead atoms. The van der Waals surface area contributed by atoms with Crippen LogP contribution in [0.1, 0.15) is 22.3 Å². The van der Waals surface area contributed by atoms with E-state index >= 15 is 0 Å². The SMILES string of the molecule is Cc1ccc(COc2ccc(N3C(=O)NC(=O)/C(=C\c4cc(Br)ccc4OCc4ccc(Br)cc4)C3=O)cc2)cc1. The average molecular weight is 676 g/mol. The molecule has 1 saturated heterocycles. The molecular weight excluding hydrogens is 652 g/mol. The Morgan fingerprint density at radius 3 is 2.05 bits per heavy atom. The maximum absolute atomic E-state index is 13.5. The van der Waals surface area contributed by atoms with Crippen molar-refractivity contribution in [2.75, 3.05) is 4.90 Å². The van der Waals surface area contributed by atoms with Crippen molar-refractivity contribution in [2.45, 2.75) is 20.1 Å². The Kier molecular flexibility index (Phi) is 8.66.